The van der Waals surface area contributed by atoms with Crippen molar-refractivity contribution < 1.29 is 4.79 Å². The number of carbonyl (C=O) groups excluding carboxylic acids is 1. The Hall–Kier alpha value is -2.54. The number of H-pyrrole nitrogens is 1. The predicted octanol–water partition coefficient (Wildman–Crippen LogP) is 2.14. The number of carbonyl (C=O) groups is 1. The van der Waals surface area contributed by atoms with Crippen LogP contribution in [-0.4, -0.2) is 10.9 Å². The van der Waals surface area contributed by atoms with Crippen molar-refractivity contribution in [3.63, 3.8) is 0 Å². The van der Waals surface area contributed by atoms with Gasteiger partial charge in [0.1, 0.15) is 0 Å². The van der Waals surface area contributed by atoms with Gasteiger partial charge >= 0.3 is 0 Å². The number of benzene rings is 1. The van der Waals surface area contributed by atoms with Crippen molar-refractivity contribution in [1.29, 1.82) is 5.26 Å². The average Bonchev–Trinajstić information content (AvgIpc) is 2.83. The molecule has 0 spiro atoms. The third-order valence-corrected chi connectivity index (χ3v) is 2.11. The molecule has 1 aromatic heterocycles. The number of hydrogen-bond donors (Lipinski definition) is 2. The van der Waals surface area contributed by atoms with Crippen molar-refractivity contribution in [2.45, 2.75) is 0 Å². The second-order valence-corrected chi connectivity index (χ2v) is 3.25. The number of nitriles is 1. The lowest BCUT2D eigenvalue weighted by Crippen LogP contribution is -2.10. The molecule has 0 bridgehead atoms. The number of amides is 1. The van der Waals surface area contributed by atoms with E-state index in [1.807, 2.05) is 6.07 Å². The normalized spacial score (nSPS) is 9.44. The summed E-state index contributed by atoms with van der Waals surface area (Å²) >= 11 is 0. The predicted molar refractivity (Wildman–Crippen MR) is 59.9 cm³/mol. The summed E-state index contributed by atoms with van der Waals surface area (Å²) in [5.41, 5.74) is 1.69. The second-order valence-electron chi connectivity index (χ2n) is 3.25. The molecular weight excluding hydrogens is 202 g/mol. The van der Waals surface area contributed by atoms with Gasteiger partial charge in [-0.25, -0.2) is 0 Å². The topological polar surface area (TPSA) is 68.7 Å². The molecule has 78 valence electrons. The molecule has 2 N–H and O–H groups in total. The molecule has 0 aliphatic carbocycles. The molecule has 0 saturated carbocycles. The maximum atomic E-state index is 11.7. The third kappa shape index (κ3) is 2.10. The molecule has 0 saturated heterocycles. The van der Waals surface area contributed by atoms with Crippen molar-refractivity contribution in [1.82, 2.24) is 4.98 Å². The standard InChI is InChI=1S/C12H9N3O/c13-7-9-2-1-3-11(6-9)15-12(16)10-4-5-14-8-10/h1-6,8,14H,(H,15,16). The van der Waals surface area contributed by atoms with E-state index in [0.717, 1.165) is 0 Å². The van der Waals surface area contributed by atoms with Crippen molar-refractivity contribution in [2.75, 3.05) is 5.32 Å². The Morgan fingerprint density at radius 3 is 2.94 bits per heavy atom. The van der Waals surface area contributed by atoms with E-state index in [9.17, 15) is 4.79 Å². The lowest BCUT2D eigenvalue weighted by molar-refractivity contribution is 0.102. The van der Waals surface area contributed by atoms with Crippen LogP contribution in [0.15, 0.2) is 42.7 Å². The van der Waals surface area contributed by atoms with Gasteiger partial charge in [0.25, 0.3) is 5.91 Å². The zero-order valence-corrected chi connectivity index (χ0v) is 8.40. The molecule has 0 radical (unpaired) electrons. The SMILES string of the molecule is N#Cc1cccc(NC(=O)c2cc[nH]c2)c1. The molecule has 0 aliphatic heterocycles. The molecule has 2 aromatic rings. The van der Waals surface area contributed by atoms with E-state index in [0.29, 0.717) is 16.8 Å². The first-order valence-corrected chi connectivity index (χ1v) is 4.74. The van der Waals surface area contributed by atoms with Gasteiger partial charge in [0.15, 0.2) is 0 Å². The average molecular weight is 211 g/mol. The number of aromatic nitrogens is 1. The van der Waals surface area contributed by atoms with Crippen molar-refractivity contribution in [2.24, 2.45) is 0 Å². The monoisotopic (exact) mass is 211 g/mol. The van der Waals surface area contributed by atoms with Crippen LogP contribution in [0.4, 0.5) is 5.69 Å². The van der Waals surface area contributed by atoms with Crippen LogP contribution in [0.25, 0.3) is 0 Å². The first kappa shape index (κ1) is 9.99. The van der Waals surface area contributed by atoms with Crippen LogP contribution in [0, 0.1) is 11.3 Å². The Morgan fingerprint density at radius 1 is 1.38 bits per heavy atom. The Bertz CT molecular complexity index is 538. The van der Waals surface area contributed by atoms with Crippen molar-refractivity contribution >= 4 is 11.6 Å². The van der Waals surface area contributed by atoms with Gasteiger partial charge in [0.2, 0.25) is 0 Å². The molecule has 0 fully saturated rings. The summed E-state index contributed by atoms with van der Waals surface area (Å²) in [6.07, 6.45) is 3.30. The van der Waals surface area contributed by atoms with Gasteiger partial charge < -0.3 is 10.3 Å². The summed E-state index contributed by atoms with van der Waals surface area (Å²) < 4.78 is 0. The van der Waals surface area contributed by atoms with E-state index < -0.39 is 0 Å². The Labute approximate surface area is 92.5 Å². The van der Waals surface area contributed by atoms with E-state index in [1.54, 1.807) is 42.7 Å². The van der Waals surface area contributed by atoms with E-state index in [2.05, 4.69) is 10.3 Å². The molecule has 1 heterocycles. The van der Waals surface area contributed by atoms with Crippen LogP contribution in [0.2, 0.25) is 0 Å². The molecule has 0 aliphatic rings. The summed E-state index contributed by atoms with van der Waals surface area (Å²) in [7, 11) is 0. The molecule has 16 heavy (non-hydrogen) atoms. The van der Waals surface area contributed by atoms with Crippen molar-refractivity contribution in [3.05, 3.63) is 53.9 Å². The zero-order valence-electron chi connectivity index (χ0n) is 8.40. The number of nitrogens with zero attached hydrogens (tertiary/aromatic N) is 1. The molecule has 1 amide bonds. The number of anilines is 1. The molecule has 0 atom stereocenters. The summed E-state index contributed by atoms with van der Waals surface area (Å²) in [5, 5.41) is 11.4. The fourth-order valence-electron chi connectivity index (χ4n) is 1.33. The van der Waals surface area contributed by atoms with E-state index in [-0.39, 0.29) is 5.91 Å². The highest BCUT2D eigenvalue weighted by atomic mass is 16.1. The number of aromatic amines is 1. The van der Waals surface area contributed by atoms with Crippen LogP contribution < -0.4 is 5.32 Å². The minimum Gasteiger partial charge on any atom is -0.367 e. The van der Waals surface area contributed by atoms with Gasteiger partial charge in [0.05, 0.1) is 17.2 Å². The first-order valence-electron chi connectivity index (χ1n) is 4.74. The highest BCUT2D eigenvalue weighted by Gasteiger charge is 2.05. The minimum absolute atomic E-state index is 0.198. The maximum absolute atomic E-state index is 11.7. The number of rotatable bonds is 2. The molecule has 0 unspecified atom stereocenters. The van der Waals surface area contributed by atoms with Crippen LogP contribution in [0.3, 0.4) is 0 Å². The fourth-order valence-corrected chi connectivity index (χ4v) is 1.33. The smallest absolute Gasteiger partial charge is 0.257 e. The molecule has 4 nitrogen and oxygen atoms in total. The maximum Gasteiger partial charge on any atom is 0.257 e. The van der Waals surface area contributed by atoms with Gasteiger partial charge in [-0.15, -0.1) is 0 Å². The summed E-state index contributed by atoms with van der Waals surface area (Å²) in [4.78, 5) is 14.5. The van der Waals surface area contributed by atoms with Crippen LogP contribution in [0.5, 0.6) is 0 Å². The van der Waals surface area contributed by atoms with Gasteiger partial charge in [0, 0.05) is 18.1 Å². The Morgan fingerprint density at radius 2 is 2.25 bits per heavy atom. The van der Waals surface area contributed by atoms with Gasteiger partial charge in [-0.1, -0.05) is 6.07 Å². The van der Waals surface area contributed by atoms with Crippen LogP contribution >= 0.6 is 0 Å². The molecule has 1 aromatic carbocycles. The van der Waals surface area contributed by atoms with Crippen molar-refractivity contribution in [3.8, 4) is 6.07 Å². The van der Waals surface area contributed by atoms with Crippen LogP contribution in [-0.2, 0) is 0 Å². The van der Waals surface area contributed by atoms with E-state index >= 15 is 0 Å². The largest absolute Gasteiger partial charge is 0.367 e. The number of nitrogens with one attached hydrogen (secondary N) is 2. The van der Waals surface area contributed by atoms with E-state index in [1.165, 1.54) is 0 Å². The summed E-state index contributed by atoms with van der Waals surface area (Å²) in [6.45, 7) is 0. The number of hydrogen-bond acceptors (Lipinski definition) is 2. The summed E-state index contributed by atoms with van der Waals surface area (Å²) in [6, 6.07) is 10.5. The molecule has 4 heteroatoms. The fraction of sp³-hybridized carbons (Fsp3) is 0. The lowest BCUT2D eigenvalue weighted by atomic mass is 10.2. The second kappa shape index (κ2) is 4.32. The minimum atomic E-state index is -0.198. The van der Waals surface area contributed by atoms with E-state index in [4.69, 9.17) is 5.26 Å². The van der Waals surface area contributed by atoms with Crippen LogP contribution in [0.1, 0.15) is 15.9 Å². The third-order valence-electron chi connectivity index (χ3n) is 2.11. The Kier molecular flexibility index (Phi) is 2.70. The highest BCUT2D eigenvalue weighted by molar-refractivity contribution is 6.04. The lowest BCUT2D eigenvalue weighted by Gasteiger charge is -2.03. The molecule has 2 rings (SSSR count). The highest BCUT2D eigenvalue weighted by Crippen LogP contribution is 2.11. The van der Waals surface area contributed by atoms with Gasteiger partial charge in [-0.05, 0) is 24.3 Å². The van der Waals surface area contributed by atoms with Gasteiger partial charge in [-0.3, -0.25) is 4.79 Å². The van der Waals surface area contributed by atoms with Gasteiger partial charge in [-0.2, -0.15) is 5.26 Å². The Balaban J connectivity index is 2.16. The quantitative estimate of drug-likeness (QED) is 0.799. The molecular formula is C12H9N3O. The zero-order chi connectivity index (χ0) is 11.4. The summed E-state index contributed by atoms with van der Waals surface area (Å²) in [5.74, 6) is -0.198. The first-order chi connectivity index (χ1) is 7.79.